The van der Waals surface area contributed by atoms with Crippen molar-refractivity contribution in [2.45, 2.75) is 45.6 Å². The molecule has 1 rings (SSSR count). The smallest absolute Gasteiger partial charge is 0.410 e. The third-order valence-electron chi connectivity index (χ3n) is 2.84. The molecule has 0 aromatic rings. The van der Waals surface area contributed by atoms with Crippen molar-refractivity contribution in [1.29, 1.82) is 0 Å². The molecule has 0 spiro atoms. The van der Waals surface area contributed by atoms with Crippen LogP contribution in [0.5, 0.6) is 0 Å². The fraction of sp³-hybridized carbons (Fsp3) is 0.846. The molecule has 1 amide bonds. The Labute approximate surface area is 119 Å². The minimum atomic E-state index is -0.498. The Balaban J connectivity index is 2.45. The normalized spacial score (nSPS) is 20.0. The molecule has 1 atom stereocenters. The molecule has 0 radical (unpaired) electrons. The lowest BCUT2D eigenvalue weighted by atomic mass is 9.95. The van der Waals surface area contributed by atoms with E-state index in [2.05, 4.69) is 0 Å². The van der Waals surface area contributed by atoms with Crippen LogP contribution < -0.4 is 0 Å². The van der Waals surface area contributed by atoms with Crippen molar-refractivity contribution in [3.05, 3.63) is 0 Å². The number of rotatable bonds is 3. The maximum absolute atomic E-state index is 11.9. The molecule has 1 saturated heterocycles. The van der Waals surface area contributed by atoms with Gasteiger partial charge in [-0.1, -0.05) is 11.6 Å². The third kappa shape index (κ3) is 6.14. The number of hydrogen-bond acceptors (Lipinski definition) is 4. The van der Waals surface area contributed by atoms with E-state index in [4.69, 9.17) is 21.1 Å². The molecule has 19 heavy (non-hydrogen) atoms. The Morgan fingerprint density at radius 3 is 2.63 bits per heavy atom. The van der Waals surface area contributed by atoms with Crippen LogP contribution in [-0.4, -0.2) is 41.7 Å². The predicted octanol–water partition coefficient (Wildman–Crippen LogP) is 2.76. The zero-order valence-corrected chi connectivity index (χ0v) is 12.5. The first-order chi connectivity index (χ1) is 8.81. The average Bonchev–Trinajstić information content (AvgIpc) is 2.27. The zero-order valence-electron chi connectivity index (χ0n) is 11.8. The summed E-state index contributed by atoms with van der Waals surface area (Å²) in [5.41, 5.74) is -0.498. The number of alkyl halides is 1. The standard InChI is InChI=1S/C13H22ClNO4/c1-13(2,3)19-12(17)15-6-4-5-10(8-15)7-11(16)18-9-14/h10H,4-9H2,1-3H3/t10-/m0/s1. The Bertz CT molecular complexity index is 327. The Kier molecular flexibility index (Phi) is 5.91. The third-order valence-corrected chi connectivity index (χ3v) is 2.95. The summed E-state index contributed by atoms with van der Waals surface area (Å²) in [6.45, 7) is 6.72. The molecule has 0 aliphatic carbocycles. The van der Waals surface area contributed by atoms with E-state index in [1.807, 2.05) is 20.8 Å². The SMILES string of the molecule is CC(C)(C)OC(=O)N1CCC[C@@H](CC(=O)OCCl)C1. The summed E-state index contributed by atoms with van der Waals surface area (Å²) in [6.07, 6.45) is 1.77. The van der Waals surface area contributed by atoms with Crippen molar-refractivity contribution >= 4 is 23.7 Å². The molecular weight excluding hydrogens is 270 g/mol. The van der Waals surface area contributed by atoms with Crippen LogP contribution in [0.2, 0.25) is 0 Å². The zero-order chi connectivity index (χ0) is 14.5. The second kappa shape index (κ2) is 6.98. The van der Waals surface area contributed by atoms with E-state index >= 15 is 0 Å². The number of nitrogens with zero attached hydrogens (tertiary/aromatic N) is 1. The maximum Gasteiger partial charge on any atom is 0.410 e. The van der Waals surface area contributed by atoms with Crippen LogP contribution in [0, 0.1) is 5.92 Å². The lowest BCUT2D eigenvalue weighted by Crippen LogP contribution is -2.43. The van der Waals surface area contributed by atoms with Gasteiger partial charge in [-0.3, -0.25) is 4.79 Å². The van der Waals surface area contributed by atoms with E-state index in [1.54, 1.807) is 4.90 Å². The van der Waals surface area contributed by atoms with Crippen LogP contribution in [0.4, 0.5) is 4.79 Å². The molecule has 0 bridgehead atoms. The predicted molar refractivity (Wildman–Crippen MR) is 72.0 cm³/mol. The summed E-state index contributed by atoms with van der Waals surface area (Å²) >= 11 is 5.34. The quantitative estimate of drug-likeness (QED) is 0.593. The number of halogens is 1. The molecule has 1 aliphatic heterocycles. The fourth-order valence-corrected chi connectivity index (χ4v) is 2.20. The highest BCUT2D eigenvalue weighted by atomic mass is 35.5. The highest BCUT2D eigenvalue weighted by Crippen LogP contribution is 2.22. The molecule has 0 saturated carbocycles. The molecule has 5 nitrogen and oxygen atoms in total. The van der Waals surface area contributed by atoms with Crippen LogP contribution in [0.15, 0.2) is 0 Å². The topological polar surface area (TPSA) is 55.8 Å². The van der Waals surface area contributed by atoms with Crippen LogP contribution >= 0.6 is 11.6 Å². The van der Waals surface area contributed by atoms with Crippen molar-refractivity contribution < 1.29 is 19.1 Å². The molecule has 1 fully saturated rings. The number of hydrogen-bond donors (Lipinski definition) is 0. The highest BCUT2D eigenvalue weighted by Gasteiger charge is 2.28. The second-order valence-corrected chi connectivity index (χ2v) is 5.98. The number of piperidine rings is 1. The van der Waals surface area contributed by atoms with Gasteiger partial charge in [-0.15, -0.1) is 0 Å². The number of amides is 1. The second-order valence-electron chi connectivity index (χ2n) is 5.76. The summed E-state index contributed by atoms with van der Waals surface area (Å²) in [7, 11) is 0. The van der Waals surface area contributed by atoms with Gasteiger partial charge in [0, 0.05) is 13.1 Å². The first kappa shape index (κ1) is 16.1. The van der Waals surface area contributed by atoms with E-state index in [9.17, 15) is 9.59 Å². The molecule has 1 heterocycles. The highest BCUT2D eigenvalue weighted by molar-refractivity contribution is 6.17. The largest absolute Gasteiger partial charge is 0.449 e. The van der Waals surface area contributed by atoms with Crippen LogP contribution in [0.1, 0.15) is 40.0 Å². The van der Waals surface area contributed by atoms with Gasteiger partial charge in [0.2, 0.25) is 0 Å². The first-order valence-electron chi connectivity index (χ1n) is 6.51. The van der Waals surface area contributed by atoms with Gasteiger partial charge in [-0.2, -0.15) is 0 Å². The lowest BCUT2D eigenvalue weighted by molar-refractivity contribution is -0.143. The average molecular weight is 292 g/mol. The van der Waals surface area contributed by atoms with Crippen molar-refractivity contribution in [3.63, 3.8) is 0 Å². The van der Waals surface area contributed by atoms with Crippen molar-refractivity contribution in [2.75, 3.05) is 19.2 Å². The van der Waals surface area contributed by atoms with E-state index in [0.29, 0.717) is 19.5 Å². The minimum Gasteiger partial charge on any atom is -0.449 e. The van der Waals surface area contributed by atoms with Crippen molar-refractivity contribution in [2.24, 2.45) is 5.92 Å². The number of esters is 1. The number of carbonyl (C=O) groups excluding carboxylic acids is 2. The summed E-state index contributed by atoms with van der Waals surface area (Å²) < 4.78 is 10.0. The van der Waals surface area contributed by atoms with E-state index in [1.165, 1.54) is 0 Å². The van der Waals surface area contributed by atoms with Crippen LogP contribution in [-0.2, 0) is 14.3 Å². The van der Waals surface area contributed by atoms with Gasteiger partial charge < -0.3 is 14.4 Å². The molecule has 0 aromatic heterocycles. The van der Waals surface area contributed by atoms with Crippen molar-refractivity contribution in [1.82, 2.24) is 4.90 Å². The monoisotopic (exact) mass is 291 g/mol. The molecule has 6 heteroatoms. The maximum atomic E-state index is 11.9. The summed E-state index contributed by atoms with van der Waals surface area (Å²) in [6, 6.07) is -0.124. The van der Waals surface area contributed by atoms with Gasteiger partial charge in [0.15, 0.2) is 6.07 Å². The lowest BCUT2D eigenvalue weighted by Gasteiger charge is -2.33. The van der Waals surface area contributed by atoms with Gasteiger partial charge in [0.25, 0.3) is 0 Å². The van der Waals surface area contributed by atoms with Crippen LogP contribution in [0.25, 0.3) is 0 Å². The van der Waals surface area contributed by atoms with Gasteiger partial charge in [0.1, 0.15) is 5.60 Å². The van der Waals surface area contributed by atoms with Crippen molar-refractivity contribution in [3.8, 4) is 0 Å². The Morgan fingerprint density at radius 2 is 2.05 bits per heavy atom. The Hall–Kier alpha value is -0.970. The van der Waals surface area contributed by atoms with E-state index < -0.39 is 5.60 Å². The number of likely N-dealkylation sites (tertiary alicyclic amines) is 1. The molecule has 110 valence electrons. The summed E-state index contributed by atoms with van der Waals surface area (Å²) in [5, 5.41) is 0. The van der Waals surface area contributed by atoms with E-state index in [-0.39, 0.29) is 24.0 Å². The number of carbonyl (C=O) groups is 2. The number of ether oxygens (including phenoxy) is 2. The molecule has 0 N–H and O–H groups in total. The summed E-state index contributed by atoms with van der Waals surface area (Å²) in [5.74, 6) is -0.192. The van der Waals surface area contributed by atoms with E-state index in [0.717, 1.165) is 12.8 Å². The molecular formula is C13H22ClNO4. The fourth-order valence-electron chi connectivity index (χ4n) is 2.08. The molecule has 0 aromatic carbocycles. The van der Waals surface area contributed by atoms with Gasteiger partial charge in [-0.25, -0.2) is 4.79 Å². The van der Waals surface area contributed by atoms with Gasteiger partial charge in [-0.05, 0) is 39.5 Å². The van der Waals surface area contributed by atoms with Gasteiger partial charge in [0.05, 0.1) is 6.42 Å². The molecule has 0 unspecified atom stereocenters. The summed E-state index contributed by atoms with van der Waals surface area (Å²) in [4.78, 5) is 25.0. The van der Waals surface area contributed by atoms with Gasteiger partial charge >= 0.3 is 12.1 Å². The minimum absolute atomic E-state index is 0.122. The first-order valence-corrected chi connectivity index (χ1v) is 7.05. The van der Waals surface area contributed by atoms with Crippen LogP contribution in [0.3, 0.4) is 0 Å². The molecule has 1 aliphatic rings. The Morgan fingerprint density at radius 1 is 1.37 bits per heavy atom.